The maximum atomic E-state index is 10.1. The largest absolute Gasteiger partial charge is 0.456 e. The van der Waals surface area contributed by atoms with E-state index < -0.39 is 6.04 Å². The van der Waals surface area contributed by atoms with E-state index in [0.29, 0.717) is 10.1 Å². The summed E-state index contributed by atoms with van der Waals surface area (Å²) >= 11 is 6.75. The molecule has 26 heavy (non-hydrogen) atoms. The first-order chi connectivity index (χ1) is 12.6. The number of para-hydroxylation sites is 1. The molecule has 2 aromatic carbocycles. The van der Waals surface area contributed by atoms with Crippen molar-refractivity contribution < 1.29 is 9.21 Å². The van der Waals surface area contributed by atoms with Crippen LogP contribution in [0.25, 0.3) is 22.3 Å². The van der Waals surface area contributed by atoms with Gasteiger partial charge in [0.15, 0.2) is 0 Å². The van der Waals surface area contributed by atoms with Crippen molar-refractivity contribution in [2.24, 2.45) is 5.73 Å². The fourth-order valence-electron chi connectivity index (χ4n) is 2.39. The Labute approximate surface area is 160 Å². The summed E-state index contributed by atoms with van der Waals surface area (Å²) in [5.41, 5.74) is 8.46. The number of rotatable bonds is 3. The second-order valence-electron chi connectivity index (χ2n) is 5.52. The quantitative estimate of drug-likeness (QED) is 0.459. The van der Waals surface area contributed by atoms with Crippen LogP contribution in [-0.2, 0) is 4.79 Å². The molecule has 2 heterocycles. The van der Waals surface area contributed by atoms with Crippen LogP contribution in [0.1, 0.15) is 0 Å². The van der Waals surface area contributed by atoms with Gasteiger partial charge in [-0.15, -0.1) is 0 Å². The van der Waals surface area contributed by atoms with Crippen molar-refractivity contribution in [1.82, 2.24) is 4.72 Å². The van der Waals surface area contributed by atoms with Gasteiger partial charge >= 0.3 is 0 Å². The normalized spacial score (nSPS) is 16.3. The molecule has 5 nitrogen and oxygen atoms in total. The fraction of sp³-hybridized carbons (Fsp3) is 0.105. The molecule has 1 aliphatic heterocycles. The Bertz CT molecular complexity index is 904. The zero-order chi connectivity index (χ0) is 18.5. The molecule has 3 aromatic rings. The highest BCUT2D eigenvalue weighted by molar-refractivity contribution is 8.01. The van der Waals surface area contributed by atoms with Crippen LogP contribution in [0, 0.1) is 0 Å². The number of nitrogens with one attached hydrogen (secondary N) is 2. The lowest BCUT2D eigenvalue weighted by atomic mass is 10.1. The van der Waals surface area contributed by atoms with Crippen LogP contribution < -0.4 is 15.8 Å². The highest BCUT2D eigenvalue weighted by Gasteiger charge is 2.21. The van der Waals surface area contributed by atoms with E-state index in [1.54, 1.807) is 0 Å². The van der Waals surface area contributed by atoms with E-state index in [0.717, 1.165) is 34.3 Å². The highest BCUT2D eigenvalue weighted by atomic mass is 35.5. The molecule has 0 amide bonds. The zero-order valence-electron chi connectivity index (χ0n) is 14.0. The minimum Gasteiger partial charge on any atom is -0.456 e. The molecule has 0 fully saturated rings. The minimum atomic E-state index is -0.406. The predicted molar refractivity (Wildman–Crippen MR) is 109 cm³/mol. The predicted octanol–water partition coefficient (Wildman–Crippen LogP) is 4.31. The SMILES string of the molecule is CNc1ccc(-c2cc3ccccc3o2)cc1.NC1=C(Cl)C(C=O)NS1. The Morgan fingerprint density at radius 3 is 2.50 bits per heavy atom. The second kappa shape index (κ2) is 8.31. The van der Waals surface area contributed by atoms with Gasteiger partial charge in [0.2, 0.25) is 0 Å². The Morgan fingerprint density at radius 1 is 1.23 bits per heavy atom. The Morgan fingerprint density at radius 2 is 1.96 bits per heavy atom. The summed E-state index contributed by atoms with van der Waals surface area (Å²) in [6, 6.07) is 17.9. The van der Waals surface area contributed by atoms with Gasteiger partial charge in [-0.2, -0.15) is 0 Å². The van der Waals surface area contributed by atoms with E-state index in [1.165, 1.54) is 11.9 Å². The van der Waals surface area contributed by atoms with Crippen LogP contribution >= 0.6 is 23.5 Å². The van der Waals surface area contributed by atoms with Crippen LogP contribution in [0.15, 0.2) is 69.1 Å². The molecule has 1 aromatic heterocycles. The molecule has 4 rings (SSSR count). The summed E-state index contributed by atoms with van der Waals surface area (Å²) in [6.07, 6.45) is 0.717. The molecule has 0 radical (unpaired) electrons. The number of hydrogen-bond acceptors (Lipinski definition) is 6. The van der Waals surface area contributed by atoms with Gasteiger partial charge < -0.3 is 20.3 Å². The Hall–Kier alpha value is -2.41. The van der Waals surface area contributed by atoms with E-state index in [-0.39, 0.29) is 0 Å². The van der Waals surface area contributed by atoms with Gasteiger partial charge in [0, 0.05) is 23.7 Å². The zero-order valence-corrected chi connectivity index (χ0v) is 15.6. The number of halogens is 1. The van der Waals surface area contributed by atoms with Crippen molar-refractivity contribution in [3.8, 4) is 11.3 Å². The number of nitrogens with two attached hydrogens (primary N) is 1. The summed E-state index contributed by atoms with van der Waals surface area (Å²) in [4.78, 5) is 10.1. The third-order valence-electron chi connectivity index (χ3n) is 3.82. The van der Waals surface area contributed by atoms with Crippen LogP contribution in [-0.4, -0.2) is 19.4 Å². The Balaban J connectivity index is 0.000000185. The molecule has 134 valence electrons. The van der Waals surface area contributed by atoms with Crippen molar-refractivity contribution in [3.63, 3.8) is 0 Å². The third kappa shape index (κ3) is 4.04. The second-order valence-corrected chi connectivity index (χ2v) is 6.81. The lowest BCUT2D eigenvalue weighted by Crippen LogP contribution is -2.19. The number of hydrogen-bond donors (Lipinski definition) is 3. The molecule has 7 heteroatoms. The fourth-order valence-corrected chi connectivity index (χ4v) is 3.33. The Kier molecular flexibility index (Phi) is 5.88. The number of carbonyl (C=O) groups excluding carboxylic acids is 1. The third-order valence-corrected chi connectivity index (χ3v) is 5.19. The standard InChI is InChI=1S/C15H13NO.C4H5ClN2OS/c1-16-13-8-6-11(7-9-13)15-10-12-4-2-3-5-14(12)17-15;5-3-2(1-8)7-9-4(3)6/h2-10,16H,1H3;1-2,7H,6H2. The average molecular weight is 388 g/mol. The van der Waals surface area contributed by atoms with Gasteiger partial charge in [-0.3, -0.25) is 0 Å². The van der Waals surface area contributed by atoms with E-state index >= 15 is 0 Å². The van der Waals surface area contributed by atoms with Crippen molar-refractivity contribution in [1.29, 1.82) is 0 Å². The monoisotopic (exact) mass is 387 g/mol. The number of carbonyl (C=O) groups is 1. The van der Waals surface area contributed by atoms with Crippen molar-refractivity contribution in [2.45, 2.75) is 6.04 Å². The number of fused-ring (bicyclic) bond motifs is 1. The summed E-state index contributed by atoms with van der Waals surface area (Å²) in [7, 11) is 1.91. The van der Waals surface area contributed by atoms with E-state index in [1.807, 2.05) is 37.4 Å². The molecule has 1 aliphatic rings. The number of benzene rings is 2. The van der Waals surface area contributed by atoms with Gasteiger partial charge in [0.1, 0.15) is 23.7 Å². The minimum absolute atomic E-state index is 0.398. The molecule has 0 bridgehead atoms. The van der Waals surface area contributed by atoms with Gasteiger partial charge in [-0.05, 0) is 48.3 Å². The molecule has 0 saturated carbocycles. The van der Waals surface area contributed by atoms with Crippen molar-refractivity contribution >= 4 is 46.5 Å². The maximum Gasteiger partial charge on any atom is 0.143 e. The van der Waals surface area contributed by atoms with Crippen LogP contribution in [0.5, 0.6) is 0 Å². The first kappa shape index (κ1) is 18.4. The molecule has 0 spiro atoms. The molecule has 0 saturated heterocycles. The van der Waals surface area contributed by atoms with Crippen molar-refractivity contribution in [2.75, 3.05) is 12.4 Å². The summed E-state index contributed by atoms with van der Waals surface area (Å²) in [5.74, 6) is 0.911. The van der Waals surface area contributed by atoms with Crippen molar-refractivity contribution in [3.05, 3.63) is 64.7 Å². The van der Waals surface area contributed by atoms with Gasteiger partial charge in [-0.25, -0.2) is 4.72 Å². The average Bonchev–Trinajstić information content (AvgIpc) is 3.26. The lowest BCUT2D eigenvalue weighted by Gasteiger charge is -2.00. The number of aldehydes is 1. The summed E-state index contributed by atoms with van der Waals surface area (Å²) in [5, 5.41) is 5.12. The number of anilines is 1. The molecule has 4 N–H and O–H groups in total. The molecular formula is C19H18ClN3O2S. The van der Waals surface area contributed by atoms with Crippen LogP contribution in [0.4, 0.5) is 5.69 Å². The van der Waals surface area contributed by atoms with E-state index in [2.05, 4.69) is 34.3 Å². The smallest absolute Gasteiger partial charge is 0.143 e. The van der Waals surface area contributed by atoms with Gasteiger partial charge in [0.25, 0.3) is 0 Å². The summed E-state index contributed by atoms with van der Waals surface area (Å²) in [6.45, 7) is 0. The maximum absolute atomic E-state index is 10.1. The van der Waals surface area contributed by atoms with Crippen LogP contribution in [0.2, 0.25) is 0 Å². The van der Waals surface area contributed by atoms with E-state index in [4.69, 9.17) is 21.8 Å². The van der Waals surface area contributed by atoms with Gasteiger partial charge in [-0.1, -0.05) is 29.8 Å². The molecular weight excluding hydrogens is 370 g/mol. The molecule has 1 atom stereocenters. The first-order valence-corrected chi connectivity index (χ1v) is 9.11. The molecule has 1 unspecified atom stereocenters. The highest BCUT2D eigenvalue weighted by Crippen LogP contribution is 2.28. The first-order valence-electron chi connectivity index (χ1n) is 7.92. The van der Waals surface area contributed by atoms with Gasteiger partial charge in [0.05, 0.1) is 10.1 Å². The van der Waals surface area contributed by atoms with Crippen LogP contribution in [0.3, 0.4) is 0 Å². The molecule has 0 aliphatic carbocycles. The summed E-state index contributed by atoms with van der Waals surface area (Å²) < 4.78 is 8.53. The van der Waals surface area contributed by atoms with E-state index in [9.17, 15) is 4.79 Å². The number of furan rings is 1. The topological polar surface area (TPSA) is 80.3 Å². The lowest BCUT2D eigenvalue weighted by molar-refractivity contribution is -0.108.